The molecule has 0 atom stereocenters. The van der Waals surface area contributed by atoms with E-state index in [1.54, 1.807) is 0 Å². The van der Waals surface area contributed by atoms with Gasteiger partial charge in [-0.3, -0.25) is 4.79 Å². The predicted molar refractivity (Wildman–Crippen MR) is 94.9 cm³/mol. The number of benzene rings is 2. The third kappa shape index (κ3) is 2.86. The number of hydrogen-bond donors (Lipinski definition) is 0. The maximum Gasteiger partial charge on any atom is 0.194 e. The van der Waals surface area contributed by atoms with Crippen LogP contribution in [0.3, 0.4) is 0 Å². The molecule has 0 spiro atoms. The van der Waals surface area contributed by atoms with Gasteiger partial charge in [-0.2, -0.15) is 0 Å². The van der Waals surface area contributed by atoms with Gasteiger partial charge in [0, 0.05) is 20.1 Å². The Morgan fingerprint density at radius 3 is 2.50 bits per heavy atom. The summed E-state index contributed by atoms with van der Waals surface area (Å²) >= 11 is 7.25. The zero-order chi connectivity index (χ0) is 15.7. The minimum absolute atomic E-state index is 0.0327. The first-order valence-corrected chi connectivity index (χ1v) is 8.97. The second-order valence-corrected chi connectivity index (χ2v) is 6.96. The van der Waals surface area contributed by atoms with Gasteiger partial charge >= 0.3 is 0 Å². The lowest BCUT2D eigenvalue weighted by molar-refractivity contribution is 0.103. The zero-order valence-electron chi connectivity index (χ0n) is 12.3. The molecule has 3 rings (SSSR count). The van der Waals surface area contributed by atoms with E-state index in [0.29, 0.717) is 12.2 Å². The highest BCUT2D eigenvalue weighted by Gasteiger charge is 2.23. The van der Waals surface area contributed by atoms with Crippen LogP contribution in [0.2, 0.25) is 0 Å². The summed E-state index contributed by atoms with van der Waals surface area (Å²) in [6.07, 6.45) is 3.25. The normalized spacial score (nSPS) is 13.0. The Balaban J connectivity index is 1.97. The van der Waals surface area contributed by atoms with Gasteiger partial charge in [0.2, 0.25) is 0 Å². The molecule has 0 saturated heterocycles. The largest absolute Gasteiger partial charge is 0.494 e. The van der Waals surface area contributed by atoms with E-state index in [2.05, 4.69) is 31.9 Å². The van der Waals surface area contributed by atoms with Crippen molar-refractivity contribution in [2.75, 3.05) is 6.61 Å². The van der Waals surface area contributed by atoms with Crippen molar-refractivity contribution in [2.45, 2.75) is 26.2 Å². The van der Waals surface area contributed by atoms with E-state index in [0.717, 1.165) is 39.5 Å². The molecule has 1 aliphatic rings. The molecule has 1 aliphatic carbocycles. The molecule has 2 aromatic carbocycles. The first-order valence-electron chi connectivity index (χ1n) is 7.39. The zero-order valence-corrected chi connectivity index (χ0v) is 15.5. The molecule has 22 heavy (non-hydrogen) atoms. The molecule has 2 nitrogen and oxygen atoms in total. The minimum atomic E-state index is 0.0327. The number of carbonyl (C=O) groups is 1. The summed E-state index contributed by atoms with van der Waals surface area (Å²) in [7, 11) is 0. The Hall–Kier alpha value is -1.13. The first kappa shape index (κ1) is 15.8. The fourth-order valence-electron chi connectivity index (χ4n) is 2.88. The maximum absolute atomic E-state index is 12.8. The number of carbonyl (C=O) groups excluding carboxylic acids is 1. The maximum atomic E-state index is 12.8. The number of ketones is 1. The van der Waals surface area contributed by atoms with Gasteiger partial charge in [-0.1, -0.05) is 15.9 Å². The van der Waals surface area contributed by atoms with Gasteiger partial charge in [0.25, 0.3) is 0 Å². The van der Waals surface area contributed by atoms with Crippen molar-refractivity contribution >= 4 is 37.6 Å². The molecular weight excluding hydrogens is 408 g/mol. The van der Waals surface area contributed by atoms with Crippen molar-refractivity contribution in [3.05, 3.63) is 61.5 Å². The average Bonchev–Trinajstić information content (AvgIpc) is 3.02. The molecular formula is C18H16Br2O2. The molecule has 0 aromatic heterocycles. The van der Waals surface area contributed by atoms with Crippen LogP contribution in [0, 0.1) is 0 Å². The van der Waals surface area contributed by atoms with Crippen molar-refractivity contribution < 1.29 is 9.53 Å². The molecule has 0 saturated carbocycles. The van der Waals surface area contributed by atoms with E-state index in [9.17, 15) is 4.79 Å². The summed E-state index contributed by atoms with van der Waals surface area (Å²) in [5, 5.41) is 0. The predicted octanol–water partition coefficient (Wildman–Crippen LogP) is 5.33. The highest BCUT2D eigenvalue weighted by molar-refractivity contribution is 9.11. The molecule has 0 fully saturated rings. The van der Waals surface area contributed by atoms with Crippen LogP contribution in [0.25, 0.3) is 0 Å². The van der Waals surface area contributed by atoms with Gasteiger partial charge < -0.3 is 4.74 Å². The van der Waals surface area contributed by atoms with Crippen LogP contribution in [0.5, 0.6) is 5.75 Å². The Bertz CT molecular complexity index is 721. The van der Waals surface area contributed by atoms with Gasteiger partial charge in [-0.25, -0.2) is 0 Å². The third-order valence-electron chi connectivity index (χ3n) is 3.95. The van der Waals surface area contributed by atoms with E-state index >= 15 is 0 Å². The van der Waals surface area contributed by atoms with Gasteiger partial charge in [0.1, 0.15) is 5.75 Å². The van der Waals surface area contributed by atoms with Gasteiger partial charge in [0.15, 0.2) is 5.78 Å². The second-order valence-electron chi connectivity index (χ2n) is 5.32. The fourth-order valence-corrected chi connectivity index (χ4v) is 4.28. The van der Waals surface area contributed by atoms with Crippen molar-refractivity contribution in [3.8, 4) is 5.75 Å². The fraction of sp³-hybridized carbons (Fsp3) is 0.278. The summed E-state index contributed by atoms with van der Waals surface area (Å²) in [6.45, 7) is 2.56. The number of ether oxygens (including phenoxy) is 1. The number of halogens is 2. The lowest BCUT2D eigenvalue weighted by Gasteiger charge is -2.11. The highest BCUT2D eigenvalue weighted by Crippen LogP contribution is 2.38. The first-order chi connectivity index (χ1) is 10.6. The average molecular weight is 424 g/mol. The smallest absolute Gasteiger partial charge is 0.194 e. The van der Waals surface area contributed by atoms with Crippen LogP contribution in [-0.2, 0) is 12.8 Å². The standard InChI is InChI=1S/C18H16Br2O2/c1-2-22-12-8-6-11(7-9-12)18(21)15-10-16(19)13-4-3-5-14(13)17(15)20/h6-10H,2-5H2,1H3. The molecule has 0 unspecified atom stereocenters. The van der Waals surface area contributed by atoms with E-state index < -0.39 is 0 Å². The number of rotatable bonds is 4. The SMILES string of the molecule is CCOc1ccc(C(=O)c2cc(Br)c3c(c2Br)CCC3)cc1. The van der Waals surface area contributed by atoms with E-state index in [1.165, 1.54) is 11.1 Å². The van der Waals surface area contributed by atoms with E-state index in [-0.39, 0.29) is 5.78 Å². The van der Waals surface area contributed by atoms with Gasteiger partial charge in [0.05, 0.1) is 6.61 Å². The molecule has 4 heteroatoms. The summed E-state index contributed by atoms with van der Waals surface area (Å²) in [5.74, 6) is 0.818. The topological polar surface area (TPSA) is 26.3 Å². The van der Waals surface area contributed by atoms with Crippen LogP contribution in [0.15, 0.2) is 39.3 Å². The minimum Gasteiger partial charge on any atom is -0.494 e. The van der Waals surface area contributed by atoms with Crippen LogP contribution >= 0.6 is 31.9 Å². The lowest BCUT2D eigenvalue weighted by Crippen LogP contribution is -2.05. The van der Waals surface area contributed by atoms with Crippen LogP contribution in [0.4, 0.5) is 0 Å². The summed E-state index contributed by atoms with van der Waals surface area (Å²) in [4.78, 5) is 12.8. The Kier molecular flexibility index (Phi) is 4.69. The lowest BCUT2D eigenvalue weighted by atomic mass is 9.99. The summed E-state index contributed by atoms with van der Waals surface area (Å²) in [6, 6.07) is 9.26. The number of fused-ring (bicyclic) bond motifs is 1. The monoisotopic (exact) mass is 422 g/mol. The second kappa shape index (κ2) is 6.55. The molecule has 0 amide bonds. The van der Waals surface area contributed by atoms with Crippen LogP contribution in [-0.4, -0.2) is 12.4 Å². The van der Waals surface area contributed by atoms with Gasteiger partial charge in [-0.15, -0.1) is 0 Å². The molecule has 2 aromatic rings. The Morgan fingerprint density at radius 2 is 1.82 bits per heavy atom. The molecule has 0 radical (unpaired) electrons. The van der Waals surface area contributed by atoms with Crippen molar-refractivity contribution in [3.63, 3.8) is 0 Å². The molecule has 0 aliphatic heterocycles. The Labute approximate surface area is 147 Å². The van der Waals surface area contributed by atoms with Gasteiger partial charge in [-0.05, 0) is 83.6 Å². The number of hydrogen-bond acceptors (Lipinski definition) is 2. The van der Waals surface area contributed by atoms with Crippen LogP contribution < -0.4 is 4.74 Å². The quantitative estimate of drug-likeness (QED) is 0.621. The molecule has 114 valence electrons. The molecule has 0 bridgehead atoms. The van der Waals surface area contributed by atoms with E-state index in [4.69, 9.17) is 4.74 Å². The van der Waals surface area contributed by atoms with Crippen molar-refractivity contribution in [1.29, 1.82) is 0 Å². The van der Waals surface area contributed by atoms with Crippen LogP contribution in [0.1, 0.15) is 40.4 Å². The Morgan fingerprint density at radius 1 is 1.14 bits per heavy atom. The third-order valence-corrected chi connectivity index (χ3v) is 5.56. The summed E-state index contributed by atoms with van der Waals surface area (Å²) < 4.78 is 7.41. The van der Waals surface area contributed by atoms with Crippen molar-refractivity contribution in [2.24, 2.45) is 0 Å². The van der Waals surface area contributed by atoms with Crippen molar-refractivity contribution in [1.82, 2.24) is 0 Å². The highest BCUT2D eigenvalue weighted by atomic mass is 79.9. The molecule has 0 N–H and O–H groups in total. The van der Waals surface area contributed by atoms with E-state index in [1.807, 2.05) is 37.3 Å². The summed E-state index contributed by atoms with van der Waals surface area (Å²) in [5.41, 5.74) is 3.99. The molecule has 0 heterocycles.